The lowest BCUT2D eigenvalue weighted by Gasteiger charge is -2.25. The summed E-state index contributed by atoms with van der Waals surface area (Å²) >= 11 is 5.51. The number of aliphatic hydroxyl groups excluding tert-OH is 1. The molecule has 4 rings (SSSR count). The Morgan fingerprint density at radius 1 is 1.13 bits per heavy atom. The van der Waals surface area contributed by atoms with Gasteiger partial charge in [0.05, 0.1) is 18.7 Å². The van der Waals surface area contributed by atoms with Gasteiger partial charge < -0.3 is 29.8 Å². The third kappa shape index (κ3) is 4.55. The maximum absolute atomic E-state index is 12.7. The van der Waals surface area contributed by atoms with Crippen molar-refractivity contribution in [1.29, 1.82) is 0 Å². The van der Waals surface area contributed by atoms with Crippen molar-refractivity contribution in [2.75, 3.05) is 26.4 Å². The molecular formula is C22H23N3O4S. The Kier molecular flexibility index (Phi) is 6.15. The van der Waals surface area contributed by atoms with Crippen molar-refractivity contribution in [3.63, 3.8) is 0 Å². The van der Waals surface area contributed by atoms with Gasteiger partial charge in [0, 0.05) is 30.1 Å². The summed E-state index contributed by atoms with van der Waals surface area (Å²) in [5, 5.41) is 14.0. The van der Waals surface area contributed by atoms with Crippen LogP contribution in [-0.2, 0) is 13.1 Å². The summed E-state index contributed by atoms with van der Waals surface area (Å²) < 4.78 is 11.2. The smallest absolute Gasteiger partial charge is 0.253 e. The molecular weight excluding hydrogens is 402 g/mol. The minimum atomic E-state index is -0.201. The molecule has 0 amide bonds. The van der Waals surface area contributed by atoms with E-state index < -0.39 is 0 Å². The largest absolute Gasteiger partial charge is 0.486 e. The number of hydrogen-bond donors (Lipinski definition) is 3. The van der Waals surface area contributed by atoms with Crippen LogP contribution in [0, 0.1) is 0 Å². The first-order chi connectivity index (χ1) is 14.6. The molecule has 0 saturated heterocycles. The van der Waals surface area contributed by atoms with Crippen LogP contribution >= 0.6 is 12.2 Å². The van der Waals surface area contributed by atoms with Crippen molar-refractivity contribution in [2.45, 2.75) is 13.1 Å². The van der Waals surface area contributed by atoms with E-state index in [0.29, 0.717) is 54.0 Å². The number of benzene rings is 2. The van der Waals surface area contributed by atoms with Gasteiger partial charge in [-0.3, -0.25) is 4.79 Å². The molecule has 2 aromatic carbocycles. The molecule has 2 heterocycles. The summed E-state index contributed by atoms with van der Waals surface area (Å²) in [4.78, 5) is 17.4. The predicted octanol–water partition coefficient (Wildman–Crippen LogP) is 2.17. The Morgan fingerprint density at radius 2 is 1.87 bits per heavy atom. The minimum Gasteiger partial charge on any atom is -0.486 e. The van der Waals surface area contributed by atoms with E-state index in [1.807, 2.05) is 42.5 Å². The number of ether oxygens (including phenoxy) is 2. The normalized spacial score (nSPS) is 12.6. The first-order valence-corrected chi connectivity index (χ1v) is 10.2. The zero-order valence-electron chi connectivity index (χ0n) is 16.4. The lowest BCUT2D eigenvalue weighted by atomic mass is 10.1. The van der Waals surface area contributed by atoms with Gasteiger partial charge in [-0.05, 0) is 29.9 Å². The van der Waals surface area contributed by atoms with Gasteiger partial charge in [0.25, 0.3) is 5.56 Å². The van der Waals surface area contributed by atoms with Crippen LogP contribution in [0.5, 0.6) is 11.5 Å². The number of thiocarbonyl (C=S) groups is 1. The number of fused-ring (bicyclic) bond motifs is 2. The van der Waals surface area contributed by atoms with E-state index in [2.05, 4.69) is 10.3 Å². The number of rotatable bonds is 6. The third-order valence-electron chi connectivity index (χ3n) is 4.89. The molecule has 7 nitrogen and oxygen atoms in total. The second-order valence-corrected chi connectivity index (χ2v) is 7.38. The monoisotopic (exact) mass is 425 g/mol. The average Bonchev–Trinajstić information content (AvgIpc) is 2.77. The van der Waals surface area contributed by atoms with E-state index in [0.717, 1.165) is 10.9 Å². The van der Waals surface area contributed by atoms with E-state index in [9.17, 15) is 9.90 Å². The maximum Gasteiger partial charge on any atom is 0.253 e. The molecule has 0 unspecified atom stereocenters. The molecule has 0 atom stereocenters. The SMILES string of the molecule is O=c1[nH]c2cc3c(cc2cc1CN(CCO)C(=S)NCc1ccccc1)OCCO3. The van der Waals surface area contributed by atoms with Gasteiger partial charge in [-0.25, -0.2) is 0 Å². The summed E-state index contributed by atoms with van der Waals surface area (Å²) in [6.07, 6.45) is 0. The zero-order chi connectivity index (χ0) is 20.9. The molecule has 1 aliphatic heterocycles. The highest BCUT2D eigenvalue weighted by Gasteiger charge is 2.16. The Morgan fingerprint density at radius 3 is 2.60 bits per heavy atom. The van der Waals surface area contributed by atoms with E-state index in [4.69, 9.17) is 21.7 Å². The molecule has 1 aliphatic rings. The number of hydrogen-bond acceptors (Lipinski definition) is 5. The highest BCUT2D eigenvalue weighted by atomic mass is 32.1. The van der Waals surface area contributed by atoms with E-state index in [1.165, 1.54) is 0 Å². The van der Waals surface area contributed by atoms with Gasteiger partial charge in [0.2, 0.25) is 0 Å². The number of nitrogens with one attached hydrogen (secondary N) is 2. The summed E-state index contributed by atoms with van der Waals surface area (Å²) in [7, 11) is 0. The second-order valence-electron chi connectivity index (χ2n) is 7.00. The average molecular weight is 426 g/mol. The molecule has 0 fully saturated rings. The number of pyridine rings is 1. The highest BCUT2D eigenvalue weighted by molar-refractivity contribution is 7.80. The van der Waals surface area contributed by atoms with Crippen molar-refractivity contribution < 1.29 is 14.6 Å². The molecule has 3 N–H and O–H groups in total. The van der Waals surface area contributed by atoms with Crippen LogP contribution in [0.3, 0.4) is 0 Å². The molecule has 30 heavy (non-hydrogen) atoms. The summed E-state index contributed by atoms with van der Waals surface area (Å²) in [6, 6.07) is 15.4. The first-order valence-electron chi connectivity index (χ1n) is 9.77. The summed E-state index contributed by atoms with van der Waals surface area (Å²) in [5.74, 6) is 1.30. The molecule has 8 heteroatoms. The summed E-state index contributed by atoms with van der Waals surface area (Å²) in [6.45, 7) is 2.08. The molecule has 1 aromatic heterocycles. The zero-order valence-corrected chi connectivity index (χ0v) is 17.2. The topological polar surface area (TPSA) is 86.8 Å². The molecule has 3 aromatic rings. The molecule has 0 radical (unpaired) electrons. The number of nitrogens with zero attached hydrogens (tertiary/aromatic N) is 1. The Hall–Kier alpha value is -3.10. The van der Waals surface area contributed by atoms with Crippen molar-refractivity contribution in [3.8, 4) is 11.5 Å². The lowest BCUT2D eigenvalue weighted by Crippen LogP contribution is -2.41. The van der Waals surface area contributed by atoms with Crippen molar-refractivity contribution in [3.05, 3.63) is 70.0 Å². The second kappa shape index (κ2) is 9.15. The van der Waals surface area contributed by atoms with Crippen molar-refractivity contribution >= 4 is 28.2 Å². The highest BCUT2D eigenvalue weighted by Crippen LogP contribution is 2.33. The quantitative estimate of drug-likeness (QED) is 0.522. The number of aromatic nitrogens is 1. The first kappa shape index (κ1) is 20.2. The number of aromatic amines is 1. The van der Waals surface area contributed by atoms with E-state index >= 15 is 0 Å². The fourth-order valence-corrected chi connectivity index (χ4v) is 3.60. The summed E-state index contributed by atoms with van der Waals surface area (Å²) in [5.41, 5.74) is 2.13. The molecule has 0 spiro atoms. The van der Waals surface area contributed by atoms with Gasteiger partial charge in [-0.2, -0.15) is 0 Å². The molecule has 0 bridgehead atoms. The van der Waals surface area contributed by atoms with Crippen LogP contribution in [0.2, 0.25) is 0 Å². The fraction of sp³-hybridized carbons (Fsp3) is 0.273. The fourth-order valence-electron chi connectivity index (χ4n) is 3.37. The van der Waals surface area contributed by atoms with E-state index in [1.54, 1.807) is 11.0 Å². The van der Waals surface area contributed by atoms with Crippen molar-refractivity contribution in [1.82, 2.24) is 15.2 Å². The van der Waals surface area contributed by atoms with Gasteiger partial charge in [0.1, 0.15) is 13.2 Å². The van der Waals surface area contributed by atoms with Crippen LogP contribution in [0.1, 0.15) is 11.1 Å². The van der Waals surface area contributed by atoms with Crippen LogP contribution < -0.4 is 20.3 Å². The van der Waals surface area contributed by atoms with Crippen LogP contribution in [0.15, 0.2) is 53.3 Å². The number of aliphatic hydroxyl groups is 1. The Balaban J connectivity index is 1.54. The van der Waals surface area contributed by atoms with E-state index in [-0.39, 0.29) is 18.7 Å². The lowest BCUT2D eigenvalue weighted by molar-refractivity contribution is 0.172. The molecule has 156 valence electrons. The van der Waals surface area contributed by atoms with Gasteiger partial charge in [-0.15, -0.1) is 0 Å². The Bertz CT molecular complexity index is 1100. The van der Waals surface area contributed by atoms with Gasteiger partial charge in [-0.1, -0.05) is 30.3 Å². The maximum atomic E-state index is 12.7. The number of H-pyrrole nitrogens is 1. The van der Waals surface area contributed by atoms with Crippen molar-refractivity contribution in [2.24, 2.45) is 0 Å². The predicted molar refractivity (Wildman–Crippen MR) is 119 cm³/mol. The molecule has 0 saturated carbocycles. The van der Waals surface area contributed by atoms with Gasteiger partial charge in [0.15, 0.2) is 16.6 Å². The van der Waals surface area contributed by atoms with Crippen LogP contribution in [-0.4, -0.2) is 46.5 Å². The Labute approximate surface area is 179 Å². The van der Waals surface area contributed by atoms with Gasteiger partial charge >= 0.3 is 0 Å². The third-order valence-corrected chi connectivity index (χ3v) is 5.29. The minimum absolute atomic E-state index is 0.0721. The van der Waals surface area contributed by atoms with Crippen LogP contribution in [0.4, 0.5) is 0 Å². The van der Waals surface area contributed by atoms with Crippen LogP contribution in [0.25, 0.3) is 10.9 Å². The molecule has 0 aliphatic carbocycles. The standard InChI is InChI=1S/C22H23N3O4S/c26-7-6-25(22(30)23-13-15-4-2-1-3-5-15)14-17-10-16-11-19-20(29-9-8-28-19)12-18(16)24-21(17)27/h1-5,10-12,26H,6-9,13-14H2,(H,23,30)(H,24,27).